The summed E-state index contributed by atoms with van der Waals surface area (Å²) in [6.45, 7) is 0. The molecule has 0 radical (unpaired) electrons. The molecule has 0 amide bonds. The van der Waals surface area contributed by atoms with Crippen molar-refractivity contribution in [2.45, 2.75) is 0 Å². The normalized spacial score (nSPS) is 10.1. The van der Waals surface area contributed by atoms with Gasteiger partial charge in [0.25, 0.3) is 5.69 Å². The number of non-ortho nitro benzene ring substituents is 1. The summed E-state index contributed by atoms with van der Waals surface area (Å²) in [5.41, 5.74) is 0.834. The molecular formula is C11H7NO4S. The van der Waals surface area contributed by atoms with Crippen LogP contribution in [0.5, 0.6) is 0 Å². The monoisotopic (exact) mass is 249 g/mol. The third-order valence-corrected chi connectivity index (χ3v) is 3.17. The average Bonchev–Trinajstić information content (AvgIpc) is 2.78. The summed E-state index contributed by atoms with van der Waals surface area (Å²) >= 11 is 1.25. The molecule has 2 aromatic rings. The number of aromatic carboxylic acids is 1. The lowest BCUT2D eigenvalue weighted by atomic mass is 10.1. The van der Waals surface area contributed by atoms with Gasteiger partial charge in [-0.2, -0.15) is 0 Å². The summed E-state index contributed by atoms with van der Waals surface area (Å²) < 4.78 is 0. The highest BCUT2D eigenvalue weighted by Gasteiger charge is 2.11. The van der Waals surface area contributed by atoms with Gasteiger partial charge in [0.2, 0.25) is 0 Å². The number of carboxylic acids is 1. The van der Waals surface area contributed by atoms with Crippen molar-refractivity contribution in [3.8, 4) is 10.4 Å². The number of hydrogen-bond donors (Lipinski definition) is 1. The van der Waals surface area contributed by atoms with E-state index in [2.05, 4.69) is 0 Å². The number of carbonyl (C=O) groups is 1. The summed E-state index contributed by atoms with van der Waals surface area (Å²) in [5, 5.41) is 20.9. The fourth-order valence-corrected chi connectivity index (χ4v) is 2.25. The van der Waals surface area contributed by atoms with Gasteiger partial charge in [0, 0.05) is 22.4 Å². The maximum Gasteiger partial charge on any atom is 0.336 e. The van der Waals surface area contributed by atoms with Crippen molar-refractivity contribution in [3.05, 3.63) is 51.4 Å². The van der Waals surface area contributed by atoms with Crippen LogP contribution in [0.3, 0.4) is 0 Å². The predicted octanol–water partition coefficient (Wildman–Crippen LogP) is 3.02. The van der Waals surface area contributed by atoms with Crippen LogP contribution >= 0.6 is 11.3 Å². The van der Waals surface area contributed by atoms with Gasteiger partial charge < -0.3 is 5.11 Å². The van der Waals surface area contributed by atoms with Gasteiger partial charge in [0.1, 0.15) is 0 Å². The lowest BCUT2D eigenvalue weighted by Crippen LogP contribution is -1.91. The SMILES string of the molecule is O=C(O)c1csc(-c2cccc([N+](=O)[O-])c2)c1. The first-order chi connectivity index (χ1) is 8.08. The Morgan fingerprint density at radius 1 is 1.35 bits per heavy atom. The van der Waals surface area contributed by atoms with Crippen molar-refractivity contribution in [2.24, 2.45) is 0 Å². The maximum absolute atomic E-state index is 10.7. The van der Waals surface area contributed by atoms with E-state index in [4.69, 9.17) is 5.11 Å². The number of nitro benzene ring substituents is 1. The molecule has 5 nitrogen and oxygen atoms in total. The molecule has 1 aromatic carbocycles. The van der Waals surface area contributed by atoms with E-state index in [9.17, 15) is 14.9 Å². The van der Waals surface area contributed by atoms with Crippen LogP contribution in [-0.4, -0.2) is 16.0 Å². The van der Waals surface area contributed by atoms with Gasteiger partial charge in [-0.25, -0.2) is 4.79 Å². The first kappa shape index (κ1) is 11.3. The highest BCUT2D eigenvalue weighted by Crippen LogP contribution is 2.29. The van der Waals surface area contributed by atoms with Crippen LogP contribution in [-0.2, 0) is 0 Å². The number of nitro groups is 1. The molecule has 0 aliphatic carbocycles. The molecule has 1 aromatic heterocycles. The van der Waals surface area contributed by atoms with E-state index in [1.807, 2.05) is 0 Å². The molecule has 0 atom stereocenters. The average molecular weight is 249 g/mol. The Balaban J connectivity index is 2.42. The molecule has 0 spiro atoms. The summed E-state index contributed by atoms with van der Waals surface area (Å²) in [6.07, 6.45) is 0. The minimum absolute atomic E-state index is 0.00669. The van der Waals surface area contributed by atoms with Crippen LogP contribution < -0.4 is 0 Å². The van der Waals surface area contributed by atoms with E-state index in [1.54, 1.807) is 12.1 Å². The fourth-order valence-electron chi connectivity index (χ4n) is 1.37. The lowest BCUT2D eigenvalue weighted by molar-refractivity contribution is -0.384. The Bertz CT molecular complexity index is 591. The van der Waals surface area contributed by atoms with Crippen molar-refractivity contribution < 1.29 is 14.8 Å². The topological polar surface area (TPSA) is 80.4 Å². The third-order valence-electron chi connectivity index (χ3n) is 2.19. The van der Waals surface area contributed by atoms with Crippen molar-refractivity contribution in [3.63, 3.8) is 0 Å². The molecule has 17 heavy (non-hydrogen) atoms. The molecule has 0 bridgehead atoms. The van der Waals surface area contributed by atoms with Crippen LogP contribution in [0.15, 0.2) is 35.7 Å². The van der Waals surface area contributed by atoms with Gasteiger partial charge in [0.15, 0.2) is 0 Å². The molecule has 1 N–H and O–H groups in total. The highest BCUT2D eigenvalue weighted by atomic mass is 32.1. The second-order valence-electron chi connectivity index (χ2n) is 3.31. The highest BCUT2D eigenvalue weighted by molar-refractivity contribution is 7.13. The van der Waals surface area contributed by atoms with E-state index in [-0.39, 0.29) is 11.3 Å². The summed E-state index contributed by atoms with van der Waals surface area (Å²) in [7, 11) is 0. The second-order valence-corrected chi connectivity index (χ2v) is 4.22. The maximum atomic E-state index is 10.7. The van der Waals surface area contributed by atoms with Crippen molar-refractivity contribution in [1.29, 1.82) is 0 Å². The van der Waals surface area contributed by atoms with E-state index < -0.39 is 10.9 Å². The minimum atomic E-state index is -1.00. The quantitative estimate of drug-likeness (QED) is 0.669. The van der Waals surface area contributed by atoms with E-state index in [0.717, 1.165) is 0 Å². The van der Waals surface area contributed by atoms with Crippen molar-refractivity contribution >= 4 is 23.0 Å². The zero-order valence-electron chi connectivity index (χ0n) is 8.49. The van der Waals surface area contributed by atoms with Crippen LogP contribution in [0.4, 0.5) is 5.69 Å². The molecule has 0 saturated carbocycles. The Morgan fingerprint density at radius 3 is 2.71 bits per heavy atom. The Morgan fingerprint density at radius 2 is 2.12 bits per heavy atom. The van der Waals surface area contributed by atoms with Crippen LogP contribution in [0.25, 0.3) is 10.4 Å². The summed E-state index contributed by atoms with van der Waals surface area (Å²) in [5.74, 6) is -1.00. The number of thiophene rings is 1. The van der Waals surface area contributed by atoms with Gasteiger partial charge in [-0.3, -0.25) is 10.1 Å². The molecule has 86 valence electrons. The van der Waals surface area contributed by atoms with Gasteiger partial charge in [-0.1, -0.05) is 12.1 Å². The lowest BCUT2D eigenvalue weighted by Gasteiger charge is -1.96. The first-order valence-electron chi connectivity index (χ1n) is 4.64. The van der Waals surface area contributed by atoms with Gasteiger partial charge in [0.05, 0.1) is 10.5 Å². The zero-order chi connectivity index (χ0) is 12.4. The smallest absolute Gasteiger partial charge is 0.336 e. The van der Waals surface area contributed by atoms with E-state index in [1.165, 1.54) is 34.9 Å². The third kappa shape index (κ3) is 2.31. The second kappa shape index (κ2) is 4.34. The number of nitrogens with zero attached hydrogens (tertiary/aromatic N) is 1. The fraction of sp³-hybridized carbons (Fsp3) is 0. The number of benzene rings is 1. The molecule has 2 rings (SSSR count). The first-order valence-corrected chi connectivity index (χ1v) is 5.52. The van der Waals surface area contributed by atoms with Crippen LogP contribution in [0.1, 0.15) is 10.4 Å². The van der Waals surface area contributed by atoms with E-state index >= 15 is 0 Å². The molecule has 0 unspecified atom stereocenters. The standard InChI is InChI=1S/C11H7NO4S/c13-11(14)8-5-10(17-6-8)7-2-1-3-9(4-7)12(15)16/h1-6H,(H,13,14). The Kier molecular flexibility index (Phi) is 2.88. The Hall–Kier alpha value is -2.21. The predicted molar refractivity (Wildman–Crippen MR) is 63.4 cm³/mol. The largest absolute Gasteiger partial charge is 0.478 e. The molecular weight excluding hydrogens is 242 g/mol. The van der Waals surface area contributed by atoms with Gasteiger partial charge in [-0.15, -0.1) is 11.3 Å². The summed E-state index contributed by atoms with van der Waals surface area (Å²) in [6, 6.07) is 7.62. The number of rotatable bonds is 3. The Labute approximate surface area is 100 Å². The zero-order valence-corrected chi connectivity index (χ0v) is 9.31. The van der Waals surface area contributed by atoms with Crippen LogP contribution in [0, 0.1) is 10.1 Å². The molecule has 0 saturated heterocycles. The molecule has 0 aliphatic rings. The van der Waals surface area contributed by atoms with E-state index in [0.29, 0.717) is 10.4 Å². The number of hydrogen-bond acceptors (Lipinski definition) is 4. The molecule has 0 aliphatic heterocycles. The minimum Gasteiger partial charge on any atom is -0.478 e. The van der Waals surface area contributed by atoms with Crippen LogP contribution in [0.2, 0.25) is 0 Å². The van der Waals surface area contributed by atoms with Crippen molar-refractivity contribution in [2.75, 3.05) is 0 Å². The van der Waals surface area contributed by atoms with Gasteiger partial charge >= 0.3 is 5.97 Å². The summed E-state index contributed by atoms with van der Waals surface area (Å²) in [4.78, 5) is 21.6. The van der Waals surface area contributed by atoms with Crippen molar-refractivity contribution in [1.82, 2.24) is 0 Å². The molecule has 6 heteroatoms. The number of carboxylic acid groups (broad SMARTS) is 1. The van der Waals surface area contributed by atoms with Gasteiger partial charge in [-0.05, 0) is 11.6 Å². The molecule has 1 heterocycles. The molecule has 0 fully saturated rings.